The maximum absolute atomic E-state index is 11.2. The van der Waals surface area contributed by atoms with Gasteiger partial charge in [-0.2, -0.15) is 0 Å². The zero-order valence-corrected chi connectivity index (χ0v) is 10.7. The number of aliphatic hydroxyl groups is 1. The van der Waals surface area contributed by atoms with Gasteiger partial charge in [0.25, 0.3) is 0 Å². The van der Waals surface area contributed by atoms with Gasteiger partial charge in [0.2, 0.25) is 0 Å². The fourth-order valence-electron chi connectivity index (χ4n) is 3.10. The molecule has 4 unspecified atom stereocenters. The summed E-state index contributed by atoms with van der Waals surface area (Å²) in [5, 5.41) is 9.95. The summed E-state index contributed by atoms with van der Waals surface area (Å²) in [6.45, 7) is 0.480. The molecule has 0 radical (unpaired) electrons. The lowest BCUT2D eigenvalue weighted by Crippen LogP contribution is -2.19. The van der Waals surface area contributed by atoms with Crippen molar-refractivity contribution in [2.24, 2.45) is 11.8 Å². The quantitative estimate of drug-likeness (QED) is 0.666. The second kappa shape index (κ2) is 5.31. The Balaban J connectivity index is 1.54. The first kappa shape index (κ1) is 12.6. The molecule has 2 fully saturated rings. The summed E-state index contributed by atoms with van der Waals surface area (Å²) in [5.41, 5.74) is 0.760. The van der Waals surface area contributed by atoms with Crippen molar-refractivity contribution in [1.29, 1.82) is 0 Å². The minimum Gasteiger partial charge on any atom is -0.462 e. The fourth-order valence-corrected chi connectivity index (χ4v) is 3.10. The van der Waals surface area contributed by atoms with E-state index in [-0.39, 0.29) is 18.0 Å². The predicted octanol–water partition coefficient (Wildman–Crippen LogP) is 2.04. The minimum absolute atomic E-state index is 0.0787. The van der Waals surface area contributed by atoms with Crippen LogP contribution in [0.1, 0.15) is 31.1 Å². The van der Waals surface area contributed by atoms with Crippen LogP contribution in [-0.2, 0) is 14.3 Å². The number of hydrogen-bond acceptors (Lipinski definition) is 4. The normalized spacial score (nSPS) is 31.0. The Kier molecular flexibility index (Phi) is 3.53. The largest absolute Gasteiger partial charge is 0.462 e. The van der Waals surface area contributed by atoms with Gasteiger partial charge in [-0.15, -0.1) is 0 Å². The second-order valence-electron chi connectivity index (χ2n) is 5.33. The van der Waals surface area contributed by atoms with Crippen molar-refractivity contribution in [2.45, 2.75) is 31.7 Å². The molecule has 1 N–H and O–H groups in total. The standard InChI is InChI=1S/C15H18O4/c16-14-8-12-11(6-7-13(12)19-14)9-18-15(17)10-4-2-1-3-5-10/h1-5,11-13,15,17H,6-9H2. The van der Waals surface area contributed by atoms with Gasteiger partial charge in [0, 0.05) is 11.5 Å². The highest BCUT2D eigenvalue weighted by Gasteiger charge is 2.44. The molecule has 4 atom stereocenters. The topological polar surface area (TPSA) is 55.8 Å². The second-order valence-corrected chi connectivity index (χ2v) is 5.33. The predicted molar refractivity (Wildman–Crippen MR) is 68.1 cm³/mol. The average Bonchev–Trinajstić information content (AvgIpc) is 2.96. The van der Waals surface area contributed by atoms with E-state index in [0.717, 1.165) is 18.4 Å². The summed E-state index contributed by atoms with van der Waals surface area (Å²) in [4.78, 5) is 11.2. The van der Waals surface area contributed by atoms with E-state index in [0.29, 0.717) is 18.9 Å². The van der Waals surface area contributed by atoms with E-state index in [1.165, 1.54) is 0 Å². The van der Waals surface area contributed by atoms with Crippen molar-refractivity contribution in [3.05, 3.63) is 35.9 Å². The van der Waals surface area contributed by atoms with Gasteiger partial charge in [-0.3, -0.25) is 4.79 Å². The Morgan fingerprint density at radius 2 is 2.11 bits per heavy atom. The van der Waals surface area contributed by atoms with Gasteiger partial charge in [0.1, 0.15) is 6.10 Å². The first-order valence-electron chi connectivity index (χ1n) is 6.78. The van der Waals surface area contributed by atoms with Crippen molar-refractivity contribution in [3.8, 4) is 0 Å². The lowest BCUT2D eigenvalue weighted by molar-refractivity contribution is -0.141. The summed E-state index contributed by atoms with van der Waals surface area (Å²) in [7, 11) is 0. The van der Waals surface area contributed by atoms with Gasteiger partial charge in [-0.25, -0.2) is 0 Å². The lowest BCUT2D eigenvalue weighted by atomic mass is 9.94. The van der Waals surface area contributed by atoms with E-state index in [1.807, 2.05) is 30.3 Å². The van der Waals surface area contributed by atoms with Crippen molar-refractivity contribution in [3.63, 3.8) is 0 Å². The number of carbonyl (C=O) groups is 1. The number of aliphatic hydroxyl groups excluding tert-OH is 1. The molecule has 1 saturated carbocycles. The highest BCUT2D eigenvalue weighted by atomic mass is 16.6. The highest BCUT2D eigenvalue weighted by Crippen LogP contribution is 2.41. The molecular weight excluding hydrogens is 244 g/mol. The van der Waals surface area contributed by atoms with E-state index in [1.54, 1.807) is 0 Å². The maximum atomic E-state index is 11.2. The maximum Gasteiger partial charge on any atom is 0.306 e. The molecule has 4 heteroatoms. The molecule has 0 spiro atoms. The number of benzene rings is 1. The Hall–Kier alpha value is -1.39. The van der Waals surface area contributed by atoms with Gasteiger partial charge in [0.15, 0.2) is 6.29 Å². The zero-order valence-electron chi connectivity index (χ0n) is 10.7. The minimum atomic E-state index is -0.890. The summed E-state index contributed by atoms with van der Waals surface area (Å²) < 4.78 is 10.8. The Bertz CT molecular complexity index is 445. The van der Waals surface area contributed by atoms with E-state index < -0.39 is 6.29 Å². The van der Waals surface area contributed by atoms with Gasteiger partial charge >= 0.3 is 5.97 Å². The molecule has 4 nitrogen and oxygen atoms in total. The van der Waals surface area contributed by atoms with Crippen molar-refractivity contribution >= 4 is 5.97 Å². The molecule has 19 heavy (non-hydrogen) atoms. The molecule has 102 valence electrons. The van der Waals surface area contributed by atoms with Gasteiger partial charge in [-0.05, 0) is 18.8 Å². The smallest absolute Gasteiger partial charge is 0.306 e. The first-order chi connectivity index (χ1) is 9.24. The summed E-state index contributed by atoms with van der Waals surface area (Å²) in [6, 6.07) is 9.32. The number of hydrogen-bond donors (Lipinski definition) is 1. The van der Waals surface area contributed by atoms with E-state index in [9.17, 15) is 9.90 Å². The number of esters is 1. The Morgan fingerprint density at radius 1 is 1.32 bits per heavy atom. The third-order valence-electron chi connectivity index (χ3n) is 4.14. The molecule has 0 bridgehead atoms. The molecule has 1 aliphatic carbocycles. The van der Waals surface area contributed by atoms with E-state index >= 15 is 0 Å². The molecule has 1 aromatic rings. The molecule has 1 heterocycles. The van der Waals surface area contributed by atoms with Gasteiger partial charge < -0.3 is 14.6 Å². The van der Waals surface area contributed by atoms with Crippen molar-refractivity contribution in [1.82, 2.24) is 0 Å². The number of fused-ring (bicyclic) bond motifs is 1. The van der Waals surface area contributed by atoms with Crippen LogP contribution in [0.5, 0.6) is 0 Å². The van der Waals surface area contributed by atoms with E-state index in [4.69, 9.17) is 9.47 Å². The van der Waals surface area contributed by atoms with Crippen LogP contribution in [0, 0.1) is 11.8 Å². The fraction of sp³-hybridized carbons (Fsp3) is 0.533. The summed E-state index contributed by atoms with van der Waals surface area (Å²) >= 11 is 0. The van der Waals surface area contributed by atoms with Crippen molar-refractivity contribution in [2.75, 3.05) is 6.61 Å². The Labute approximate surface area is 112 Å². The molecule has 0 amide bonds. The lowest BCUT2D eigenvalue weighted by Gasteiger charge is -2.19. The first-order valence-corrected chi connectivity index (χ1v) is 6.78. The molecule has 1 aliphatic heterocycles. The molecular formula is C15H18O4. The average molecular weight is 262 g/mol. The third-order valence-corrected chi connectivity index (χ3v) is 4.14. The molecule has 2 aliphatic rings. The van der Waals surface area contributed by atoms with Crippen LogP contribution < -0.4 is 0 Å². The highest BCUT2D eigenvalue weighted by molar-refractivity contribution is 5.72. The summed E-state index contributed by atoms with van der Waals surface area (Å²) in [6.07, 6.45) is 1.61. The van der Waals surface area contributed by atoms with Crippen molar-refractivity contribution < 1.29 is 19.4 Å². The number of carbonyl (C=O) groups excluding carboxylic acids is 1. The Morgan fingerprint density at radius 3 is 2.89 bits per heavy atom. The van der Waals surface area contributed by atoms with Gasteiger partial charge in [0.05, 0.1) is 13.0 Å². The van der Waals surface area contributed by atoms with Crippen LogP contribution >= 0.6 is 0 Å². The van der Waals surface area contributed by atoms with Gasteiger partial charge in [-0.1, -0.05) is 30.3 Å². The third kappa shape index (κ3) is 2.65. The zero-order chi connectivity index (χ0) is 13.2. The molecule has 3 rings (SSSR count). The van der Waals surface area contributed by atoms with Crippen LogP contribution in [0.15, 0.2) is 30.3 Å². The molecule has 1 aromatic carbocycles. The van der Waals surface area contributed by atoms with Crippen LogP contribution in [0.2, 0.25) is 0 Å². The van der Waals surface area contributed by atoms with E-state index in [2.05, 4.69) is 0 Å². The van der Waals surface area contributed by atoms with Crippen LogP contribution in [-0.4, -0.2) is 23.8 Å². The number of rotatable bonds is 4. The van der Waals surface area contributed by atoms with Crippen LogP contribution in [0.3, 0.4) is 0 Å². The monoisotopic (exact) mass is 262 g/mol. The molecule has 0 aromatic heterocycles. The van der Waals surface area contributed by atoms with Crippen LogP contribution in [0.25, 0.3) is 0 Å². The van der Waals surface area contributed by atoms with Crippen LogP contribution in [0.4, 0.5) is 0 Å². The molecule has 1 saturated heterocycles. The number of ether oxygens (including phenoxy) is 2. The SMILES string of the molecule is O=C1CC2C(COC(O)c3ccccc3)CCC2O1. The summed E-state index contributed by atoms with van der Waals surface area (Å²) in [5.74, 6) is 0.494.